The molecule has 0 aromatic heterocycles. The van der Waals surface area contributed by atoms with Crippen LogP contribution in [0.3, 0.4) is 0 Å². The van der Waals surface area contributed by atoms with Crippen molar-refractivity contribution in [1.29, 1.82) is 0 Å². The molecule has 108 valence electrons. The summed E-state index contributed by atoms with van der Waals surface area (Å²) in [7, 11) is 1.63. The van der Waals surface area contributed by atoms with Crippen molar-refractivity contribution in [2.45, 2.75) is 13.0 Å². The van der Waals surface area contributed by atoms with Crippen LogP contribution in [0.5, 0.6) is 5.75 Å². The minimum atomic E-state index is 0.0965. The van der Waals surface area contributed by atoms with Crippen molar-refractivity contribution in [1.82, 2.24) is 0 Å². The number of nitrogens with zero attached hydrogens (tertiary/aromatic N) is 1. The number of methoxy groups -OCH3 is 1. The summed E-state index contributed by atoms with van der Waals surface area (Å²) < 4.78 is 6.09. The molecule has 2 aromatic carbocycles. The Bertz CT molecular complexity index is 717. The number of amides is 1. The number of ether oxygens (including phenoxy) is 1. The Morgan fingerprint density at radius 3 is 2.81 bits per heavy atom. The molecular weight excluding hydrogens is 354 g/mol. The summed E-state index contributed by atoms with van der Waals surface area (Å²) in [6.07, 6.45) is 0.434. The van der Waals surface area contributed by atoms with Crippen LogP contribution in [-0.2, 0) is 17.8 Å². The zero-order valence-corrected chi connectivity index (χ0v) is 13.7. The Labute approximate surface area is 136 Å². The summed E-state index contributed by atoms with van der Waals surface area (Å²) in [6.45, 7) is 0.523. The predicted molar refractivity (Wildman–Crippen MR) is 87.0 cm³/mol. The second kappa shape index (κ2) is 5.70. The van der Waals surface area contributed by atoms with Crippen molar-refractivity contribution in [3.63, 3.8) is 0 Å². The van der Waals surface area contributed by atoms with Gasteiger partial charge in [-0.15, -0.1) is 0 Å². The molecule has 0 N–H and O–H groups in total. The summed E-state index contributed by atoms with van der Waals surface area (Å²) in [5.74, 6) is 0.870. The first kappa shape index (κ1) is 14.4. The third kappa shape index (κ3) is 2.78. The van der Waals surface area contributed by atoms with Gasteiger partial charge in [0.05, 0.1) is 24.5 Å². The van der Waals surface area contributed by atoms with Gasteiger partial charge in [-0.2, -0.15) is 0 Å². The Balaban J connectivity index is 1.90. The quantitative estimate of drug-likeness (QED) is 0.815. The van der Waals surface area contributed by atoms with Crippen LogP contribution >= 0.6 is 27.5 Å². The maximum Gasteiger partial charge on any atom is 0.231 e. The number of hydrogen-bond acceptors (Lipinski definition) is 2. The number of benzene rings is 2. The summed E-state index contributed by atoms with van der Waals surface area (Å²) in [6, 6.07) is 11.4. The molecule has 5 heteroatoms. The van der Waals surface area contributed by atoms with Gasteiger partial charge in [-0.25, -0.2) is 0 Å². The fourth-order valence-electron chi connectivity index (χ4n) is 2.49. The van der Waals surface area contributed by atoms with Crippen LogP contribution in [0.1, 0.15) is 11.1 Å². The molecule has 3 rings (SSSR count). The zero-order valence-electron chi connectivity index (χ0n) is 11.4. The Morgan fingerprint density at radius 2 is 2.10 bits per heavy atom. The third-order valence-electron chi connectivity index (χ3n) is 3.54. The molecule has 21 heavy (non-hydrogen) atoms. The molecule has 0 spiro atoms. The summed E-state index contributed by atoms with van der Waals surface area (Å²) in [5, 5.41) is 0.643. The molecule has 0 unspecified atom stereocenters. The van der Waals surface area contributed by atoms with Crippen LogP contribution in [0.4, 0.5) is 5.69 Å². The maximum absolute atomic E-state index is 12.2. The molecular formula is C16H13BrClNO2. The first-order valence-corrected chi connectivity index (χ1v) is 7.67. The van der Waals surface area contributed by atoms with E-state index in [1.807, 2.05) is 36.4 Å². The van der Waals surface area contributed by atoms with E-state index < -0.39 is 0 Å². The second-order valence-corrected chi connectivity index (χ2v) is 6.19. The van der Waals surface area contributed by atoms with Crippen LogP contribution in [0, 0.1) is 0 Å². The number of rotatable bonds is 3. The average Bonchev–Trinajstić information content (AvgIpc) is 2.75. The van der Waals surface area contributed by atoms with E-state index in [1.54, 1.807) is 12.0 Å². The van der Waals surface area contributed by atoms with Gasteiger partial charge in [0.1, 0.15) is 5.75 Å². The van der Waals surface area contributed by atoms with Crippen molar-refractivity contribution in [2.24, 2.45) is 0 Å². The van der Waals surface area contributed by atoms with Crippen LogP contribution in [-0.4, -0.2) is 13.0 Å². The average molecular weight is 367 g/mol. The topological polar surface area (TPSA) is 29.5 Å². The highest BCUT2D eigenvalue weighted by molar-refractivity contribution is 9.10. The Kier molecular flexibility index (Phi) is 3.91. The van der Waals surface area contributed by atoms with E-state index in [2.05, 4.69) is 15.9 Å². The van der Waals surface area contributed by atoms with Crippen LogP contribution in [0.15, 0.2) is 40.9 Å². The van der Waals surface area contributed by atoms with Crippen molar-refractivity contribution in [3.05, 3.63) is 57.0 Å². The van der Waals surface area contributed by atoms with Crippen LogP contribution < -0.4 is 9.64 Å². The van der Waals surface area contributed by atoms with Crippen LogP contribution in [0.25, 0.3) is 0 Å². The first-order chi connectivity index (χ1) is 10.1. The lowest BCUT2D eigenvalue weighted by molar-refractivity contribution is -0.117. The van der Waals surface area contributed by atoms with Gasteiger partial charge in [0.15, 0.2) is 0 Å². The van der Waals surface area contributed by atoms with E-state index in [-0.39, 0.29) is 5.91 Å². The number of halogens is 2. The molecule has 3 nitrogen and oxygen atoms in total. The monoisotopic (exact) mass is 365 g/mol. The molecule has 0 radical (unpaired) electrons. The zero-order chi connectivity index (χ0) is 15.0. The van der Waals surface area contributed by atoms with Gasteiger partial charge in [-0.3, -0.25) is 4.79 Å². The van der Waals surface area contributed by atoms with Crippen molar-refractivity contribution in [2.75, 3.05) is 12.0 Å². The maximum atomic E-state index is 12.2. The Hall–Kier alpha value is -1.52. The fraction of sp³-hybridized carbons (Fsp3) is 0.188. The largest absolute Gasteiger partial charge is 0.496 e. The van der Waals surface area contributed by atoms with E-state index in [0.717, 1.165) is 27.0 Å². The minimum Gasteiger partial charge on any atom is -0.496 e. The molecule has 0 aliphatic carbocycles. The number of carbonyl (C=O) groups excluding carboxylic acids is 1. The van der Waals surface area contributed by atoms with Gasteiger partial charge in [-0.1, -0.05) is 23.7 Å². The molecule has 0 atom stereocenters. The van der Waals surface area contributed by atoms with E-state index in [1.165, 1.54) is 0 Å². The fourth-order valence-corrected chi connectivity index (χ4v) is 3.25. The molecule has 0 bridgehead atoms. The standard InChI is InChI=1S/C16H13BrClNO2/c1-21-15-5-2-10(6-13(15)17)9-19-14-8-12(18)4-3-11(14)7-16(19)20/h2-6,8H,7,9H2,1H3. The van der Waals surface area contributed by atoms with Gasteiger partial charge < -0.3 is 9.64 Å². The minimum absolute atomic E-state index is 0.0965. The van der Waals surface area contributed by atoms with Crippen molar-refractivity contribution < 1.29 is 9.53 Å². The van der Waals surface area contributed by atoms with E-state index >= 15 is 0 Å². The lowest BCUT2D eigenvalue weighted by atomic mass is 10.1. The van der Waals surface area contributed by atoms with E-state index in [0.29, 0.717) is 18.0 Å². The lowest BCUT2D eigenvalue weighted by Crippen LogP contribution is -2.26. The summed E-state index contributed by atoms with van der Waals surface area (Å²) in [4.78, 5) is 14.0. The molecule has 1 amide bonds. The predicted octanol–water partition coefficient (Wildman–Crippen LogP) is 4.20. The summed E-state index contributed by atoms with van der Waals surface area (Å²) in [5.41, 5.74) is 2.96. The van der Waals surface area contributed by atoms with Crippen molar-refractivity contribution >= 4 is 39.1 Å². The molecule has 1 heterocycles. The lowest BCUT2D eigenvalue weighted by Gasteiger charge is -2.18. The number of fused-ring (bicyclic) bond motifs is 1. The highest BCUT2D eigenvalue weighted by Crippen LogP contribution is 2.33. The highest BCUT2D eigenvalue weighted by Gasteiger charge is 2.27. The number of carbonyl (C=O) groups is 1. The molecule has 1 aliphatic heterocycles. The molecule has 0 saturated carbocycles. The molecule has 0 fully saturated rings. The van der Waals surface area contributed by atoms with Gasteiger partial charge in [0.2, 0.25) is 5.91 Å². The van der Waals surface area contributed by atoms with Crippen molar-refractivity contribution in [3.8, 4) is 5.75 Å². The number of anilines is 1. The third-order valence-corrected chi connectivity index (χ3v) is 4.39. The van der Waals surface area contributed by atoms with Gasteiger partial charge >= 0.3 is 0 Å². The smallest absolute Gasteiger partial charge is 0.231 e. The second-order valence-electron chi connectivity index (χ2n) is 4.90. The van der Waals surface area contributed by atoms with Gasteiger partial charge in [0.25, 0.3) is 0 Å². The Morgan fingerprint density at radius 1 is 1.29 bits per heavy atom. The molecule has 0 saturated heterocycles. The van der Waals surface area contributed by atoms with Gasteiger partial charge in [-0.05, 0) is 51.3 Å². The van der Waals surface area contributed by atoms with Gasteiger partial charge in [0, 0.05) is 10.7 Å². The number of hydrogen-bond donors (Lipinski definition) is 0. The van der Waals surface area contributed by atoms with E-state index in [4.69, 9.17) is 16.3 Å². The SMILES string of the molecule is COc1ccc(CN2C(=O)Cc3ccc(Cl)cc32)cc1Br. The highest BCUT2D eigenvalue weighted by atomic mass is 79.9. The first-order valence-electron chi connectivity index (χ1n) is 6.49. The normalized spacial score (nSPS) is 13.5. The van der Waals surface area contributed by atoms with Crippen LogP contribution in [0.2, 0.25) is 5.02 Å². The molecule has 2 aromatic rings. The van der Waals surface area contributed by atoms with E-state index in [9.17, 15) is 4.79 Å². The summed E-state index contributed by atoms with van der Waals surface area (Å²) >= 11 is 9.51. The molecule has 1 aliphatic rings.